The van der Waals surface area contributed by atoms with E-state index in [9.17, 15) is 22.4 Å². The Morgan fingerprint density at radius 1 is 1.08 bits per heavy atom. The van der Waals surface area contributed by atoms with E-state index in [4.69, 9.17) is 0 Å². The molecule has 0 aliphatic carbocycles. The molecule has 24 heavy (non-hydrogen) atoms. The van der Waals surface area contributed by atoms with Crippen LogP contribution in [0.25, 0.3) is 0 Å². The molecule has 2 rings (SSSR count). The summed E-state index contributed by atoms with van der Waals surface area (Å²) in [6.07, 6.45) is -4.13. The predicted octanol–water partition coefficient (Wildman–Crippen LogP) is 3.93. The van der Waals surface area contributed by atoms with Crippen molar-refractivity contribution >= 4 is 11.6 Å². The molecule has 0 saturated carbocycles. The van der Waals surface area contributed by atoms with Crippen LogP contribution < -0.4 is 4.90 Å². The Kier molecular flexibility index (Phi) is 5.11. The predicted molar refractivity (Wildman–Crippen MR) is 84.3 cm³/mol. The Morgan fingerprint density at radius 3 is 2.12 bits per heavy atom. The fourth-order valence-electron chi connectivity index (χ4n) is 2.70. The van der Waals surface area contributed by atoms with Crippen molar-refractivity contribution in [1.82, 2.24) is 4.90 Å². The van der Waals surface area contributed by atoms with Gasteiger partial charge in [-0.15, -0.1) is 0 Å². The fraction of sp³-hybridized carbons (Fsp3) is 0.588. The third-order valence-electron chi connectivity index (χ3n) is 3.93. The van der Waals surface area contributed by atoms with E-state index in [-0.39, 0.29) is 17.0 Å². The zero-order valence-electron chi connectivity index (χ0n) is 14.1. The molecule has 3 nitrogen and oxygen atoms in total. The molecule has 1 amide bonds. The van der Waals surface area contributed by atoms with E-state index in [1.807, 2.05) is 20.8 Å². The monoisotopic (exact) mass is 346 g/mol. The zero-order valence-corrected chi connectivity index (χ0v) is 14.1. The average molecular weight is 346 g/mol. The van der Waals surface area contributed by atoms with Crippen LogP contribution in [0, 0.1) is 11.2 Å². The van der Waals surface area contributed by atoms with E-state index >= 15 is 0 Å². The van der Waals surface area contributed by atoms with Gasteiger partial charge in [0.2, 0.25) is 5.91 Å². The van der Waals surface area contributed by atoms with Gasteiger partial charge in [-0.1, -0.05) is 20.8 Å². The van der Waals surface area contributed by atoms with Crippen LogP contribution in [0.4, 0.5) is 23.2 Å². The van der Waals surface area contributed by atoms with Gasteiger partial charge >= 0.3 is 6.18 Å². The maximum Gasteiger partial charge on any atom is 0.416 e. The molecule has 134 valence electrons. The second kappa shape index (κ2) is 6.61. The summed E-state index contributed by atoms with van der Waals surface area (Å²) in [5.41, 5.74) is -0.957. The number of halogens is 4. The molecule has 0 aromatic heterocycles. The van der Waals surface area contributed by atoms with Crippen molar-refractivity contribution in [3.63, 3.8) is 0 Å². The summed E-state index contributed by atoms with van der Waals surface area (Å²) in [7, 11) is 0. The Morgan fingerprint density at radius 2 is 1.67 bits per heavy atom. The standard InChI is InChI=1S/C17H22F4N2O/c1-16(2,3)11-15(24)23-8-6-22(7-9-23)14-5-4-12(10-13(14)18)17(19,20)21/h4-5,10H,6-9,11H2,1-3H3. The number of hydrogen-bond donors (Lipinski definition) is 0. The number of rotatable bonds is 2. The van der Waals surface area contributed by atoms with Crippen LogP contribution in [0.1, 0.15) is 32.8 Å². The molecular weight excluding hydrogens is 324 g/mol. The first-order valence-corrected chi connectivity index (χ1v) is 7.87. The number of carbonyl (C=O) groups is 1. The van der Waals surface area contributed by atoms with E-state index in [0.29, 0.717) is 38.7 Å². The van der Waals surface area contributed by atoms with Gasteiger partial charge in [0.15, 0.2) is 0 Å². The summed E-state index contributed by atoms with van der Waals surface area (Å²) in [4.78, 5) is 15.6. The van der Waals surface area contributed by atoms with Crippen molar-refractivity contribution in [2.75, 3.05) is 31.1 Å². The van der Waals surface area contributed by atoms with Gasteiger partial charge in [0.1, 0.15) is 5.82 Å². The first-order valence-electron chi connectivity index (χ1n) is 7.87. The van der Waals surface area contributed by atoms with Crippen LogP contribution in [0.2, 0.25) is 0 Å². The van der Waals surface area contributed by atoms with E-state index in [0.717, 1.165) is 12.1 Å². The van der Waals surface area contributed by atoms with E-state index in [1.54, 1.807) is 9.80 Å². The first-order chi connectivity index (χ1) is 11.0. The van der Waals surface area contributed by atoms with Gasteiger partial charge in [-0.25, -0.2) is 4.39 Å². The maximum absolute atomic E-state index is 14.0. The van der Waals surface area contributed by atoms with Crippen molar-refractivity contribution in [2.45, 2.75) is 33.4 Å². The molecule has 0 radical (unpaired) electrons. The minimum atomic E-state index is -4.56. The Labute approximate surface area is 139 Å². The molecule has 1 aliphatic heterocycles. The smallest absolute Gasteiger partial charge is 0.366 e. The highest BCUT2D eigenvalue weighted by atomic mass is 19.4. The Hall–Kier alpha value is -1.79. The molecule has 0 bridgehead atoms. The molecule has 0 spiro atoms. The summed E-state index contributed by atoms with van der Waals surface area (Å²) >= 11 is 0. The second-order valence-corrected chi connectivity index (χ2v) is 7.27. The second-order valence-electron chi connectivity index (χ2n) is 7.27. The Balaban J connectivity index is 2.01. The van der Waals surface area contributed by atoms with Crippen molar-refractivity contribution < 1.29 is 22.4 Å². The number of hydrogen-bond acceptors (Lipinski definition) is 2. The number of benzene rings is 1. The number of amides is 1. The van der Waals surface area contributed by atoms with Gasteiger partial charge in [-0.3, -0.25) is 4.79 Å². The zero-order chi connectivity index (χ0) is 18.1. The van der Waals surface area contributed by atoms with Gasteiger partial charge in [0.25, 0.3) is 0 Å². The molecular formula is C17H22F4N2O. The molecule has 1 aromatic carbocycles. The largest absolute Gasteiger partial charge is 0.416 e. The normalized spacial score (nSPS) is 16.5. The van der Waals surface area contributed by atoms with Gasteiger partial charge in [0.05, 0.1) is 11.3 Å². The quantitative estimate of drug-likeness (QED) is 0.758. The number of carbonyl (C=O) groups excluding carboxylic acids is 1. The molecule has 0 N–H and O–H groups in total. The van der Waals surface area contributed by atoms with E-state index in [2.05, 4.69) is 0 Å². The van der Waals surface area contributed by atoms with Gasteiger partial charge in [0, 0.05) is 32.6 Å². The maximum atomic E-state index is 14.0. The minimum absolute atomic E-state index is 0.0510. The molecule has 1 aromatic rings. The molecule has 0 atom stereocenters. The first kappa shape index (κ1) is 18.5. The van der Waals surface area contributed by atoms with Crippen LogP contribution >= 0.6 is 0 Å². The SMILES string of the molecule is CC(C)(C)CC(=O)N1CCN(c2ccc(C(F)(F)F)cc2F)CC1. The number of anilines is 1. The lowest BCUT2D eigenvalue weighted by molar-refractivity contribution is -0.138. The van der Waals surface area contributed by atoms with Crippen LogP contribution in [0.3, 0.4) is 0 Å². The van der Waals surface area contributed by atoms with Crippen LogP contribution in [0.5, 0.6) is 0 Å². The topological polar surface area (TPSA) is 23.6 Å². The van der Waals surface area contributed by atoms with Gasteiger partial charge < -0.3 is 9.80 Å². The summed E-state index contributed by atoms with van der Waals surface area (Å²) in [6.45, 7) is 7.64. The van der Waals surface area contributed by atoms with Crippen molar-refractivity contribution in [3.05, 3.63) is 29.6 Å². The van der Waals surface area contributed by atoms with E-state index in [1.165, 1.54) is 0 Å². The highest BCUT2D eigenvalue weighted by molar-refractivity contribution is 5.77. The molecule has 1 heterocycles. The molecule has 7 heteroatoms. The summed E-state index contributed by atoms with van der Waals surface area (Å²) in [6, 6.07) is 2.56. The molecule has 0 unspecified atom stereocenters. The van der Waals surface area contributed by atoms with Gasteiger partial charge in [-0.05, 0) is 23.6 Å². The van der Waals surface area contributed by atoms with Crippen molar-refractivity contribution in [3.8, 4) is 0 Å². The van der Waals surface area contributed by atoms with E-state index < -0.39 is 17.6 Å². The molecule has 1 aliphatic rings. The summed E-state index contributed by atoms with van der Waals surface area (Å²) in [5.74, 6) is -0.839. The van der Waals surface area contributed by atoms with Crippen LogP contribution in [-0.2, 0) is 11.0 Å². The van der Waals surface area contributed by atoms with Crippen molar-refractivity contribution in [1.29, 1.82) is 0 Å². The lowest BCUT2D eigenvalue weighted by Gasteiger charge is -2.37. The average Bonchev–Trinajstić information content (AvgIpc) is 2.44. The van der Waals surface area contributed by atoms with Crippen molar-refractivity contribution in [2.24, 2.45) is 5.41 Å². The highest BCUT2D eigenvalue weighted by Crippen LogP contribution is 2.32. The highest BCUT2D eigenvalue weighted by Gasteiger charge is 2.32. The Bertz CT molecular complexity index is 600. The van der Waals surface area contributed by atoms with Crippen LogP contribution in [0.15, 0.2) is 18.2 Å². The fourth-order valence-corrected chi connectivity index (χ4v) is 2.70. The third kappa shape index (κ3) is 4.61. The molecule has 1 saturated heterocycles. The third-order valence-corrected chi connectivity index (χ3v) is 3.93. The lowest BCUT2D eigenvalue weighted by atomic mass is 9.91. The summed E-state index contributed by atoms with van der Waals surface area (Å²) < 4.78 is 51.8. The number of alkyl halides is 3. The van der Waals surface area contributed by atoms with Gasteiger partial charge in [-0.2, -0.15) is 13.2 Å². The number of nitrogens with zero attached hydrogens (tertiary/aromatic N) is 2. The molecule has 1 fully saturated rings. The number of piperazine rings is 1. The lowest BCUT2D eigenvalue weighted by Crippen LogP contribution is -2.49. The minimum Gasteiger partial charge on any atom is -0.366 e. The van der Waals surface area contributed by atoms with Crippen LogP contribution in [-0.4, -0.2) is 37.0 Å². The summed E-state index contributed by atoms with van der Waals surface area (Å²) in [5, 5.41) is 0.